The lowest BCUT2D eigenvalue weighted by atomic mass is 9.73. The fraction of sp³-hybridized carbons (Fsp3) is 0.444. The average Bonchev–Trinajstić information content (AvgIpc) is 3.23. The first-order valence-electron chi connectivity index (χ1n) is 8.20. The van der Waals surface area contributed by atoms with Crippen molar-refractivity contribution in [3.8, 4) is 0 Å². The average molecular weight is 310 g/mol. The molecular weight excluding hydrogens is 288 g/mol. The summed E-state index contributed by atoms with van der Waals surface area (Å²) in [4.78, 5) is 15.0. The minimum absolute atomic E-state index is 0.222. The Balaban J connectivity index is 1.62. The van der Waals surface area contributed by atoms with Gasteiger partial charge in [0.1, 0.15) is 0 Å². The molecule has 1 aromatic heterocycles. The number of nitrogens with zero attached hydrogens (tertiary/aromatic N) is 3. The molecule has 2 atom stereocenters. The third kappa shape index (κ3) is 2.45. The standard InChI is InChI=1S/C18H22N4O/c1-21-10-14(9-20-21)11-22-12-16(15-5-3-2-4-6-15)18(13-22)7-8-19-17(18)23/h2-6,9-10,16H,7-8,11-13H2,1H3,(H,19,23)/t16-,18+/m0/s1. The number of aryl methyl sites for hydroxylation is 1. The lowest BCUT2D eigenvalue weighted by Crippen LogP contribution is -2.37. The molecule has 1 N–H and O–H groups in total. The molecule has 2 aliphatic rings. The van der Waals surface area contributed by atoms with E-state index in [-0.39, 0.29) is 17.2 Å². The highest BCUT2D eigenvalue weighted by Gasteiger charge is 2.54. The van der Waals surface area contributed by atoms with Gasteiger partial charge >= 0.3 is 0 Å². The van der Waals surface area contributed by atoms with Crippen molar-refractivity contribution in [2.24, 2.45) is 12.5 Å². The van der Waals surface area contributed by atoms with Crippen LogP contribution in [0.2, 0.25) is 0 Å². The number of hydrogen-bond acceptors (Lipinski definition) is 3. The summed E-state index contributed by atoms with van der Waals surface area (Å²) in [6.45, 7) is 3.40. The van der Waals surface area contributed by atoms with Crippen LogP contribution < -0.4 is 5.32 Å². The molecule has 5 heteroatoms. The predicted octanol–water partition coefficient (Wildman–Crippen LogP) is 1.53. The van der Waals surface area contributed by atoms with Crippen LogP contribution in [0.1, 0.15) is 23.5 Å². The van der Waals surface area contributed by atoms with Gasteiger partial charge in [-0.15, -0.1) is 0 Å². The van der Waals surface area contributed by atoms with E-state index in [1.807, 2.05) is 24.0 Å². The molecule has 23 heavy (non-hydrogen) atoms. The number of carbonyl (C=O) groups is 1. The second kappa shape index (κ2) is 5.49. The topological polar surface area (TPSA) is 50.2 Å². The third-order valence-electron chi connectivity index (χ3n) is 5.29. The molecule has 0 saturated carbocycles. The number of likely N-dealkylation sites (tertiary alicyclic amines) is 1. The lowest BCUT2D eigenvalue weighted by Gasteiger charge is -2.27. The van der Waals surface area contributed by atoms with E-state index in [0.717, 1.165) is 32.6 Å². The van der Waals surface area contributed by atoms with Crippen LogP contribution in [0.25, 0.3) is 0 Å². The summed E-state index contributed by atoms with van der Waals surface area (Å²) in [6.07, 6.45) is 4.89. The summed E-state index contributed by atoms with van der Waals surface area (Å²) in [5, 5.41) is 7.31. The van der Waals surface area contributed by atoms with Crippen molar-refractivity contribution in [3.05, 3.63) is 53.9 Å². The highest BCUT2D eigenvalue weighted by molar-refractivity contribution is 5.86. The van der Waals surface area contributed by atoms with Gasteiger partial charge in [-0.2, -0.15) is 5.10 Å². The van der Waals surface area contributed by atoms with Crippen molar-refractivity contribution in [1.29, 1.82) is 0 Å². The van der Waals surface area contributed by atoms with E-state index in [2.05, 4.69) is 45.8 Å². The highest BCUT2D eigenvalue weighted by Crippen LogP contribution is 2.47. The molecule has 3 heterocycles. The Labute approximate surface area is 136 Å². The molecule has 1 spiro atoms. The number of benzene rings is 1. The molecular formula is C18H22N4O. The van der Waals surface area contributed by atoms with Gasteiger partial charge in [0.25, 0.3) is 0 Å². The molecule has 2 fully saturated rings. The van der Waals surface area contributed by atoms with Crippen LogP contribution >= 0.6 is 0 Å². The second-order valence-corrected chi connectivity index (χ2v) is 6.82. The van der Waals surface area contributed by atoms with Crippen LogP contribution in [-0.2, 0) is 18.4 Å². The number of hydrogen-bond donors (Lipinski definition) is 1. The van der Waals surface area contributed by atoms with E-state index in [0.29, 0.717) is 0 Å². The summed E-state index contributed by atoms with van der Waals surface area (Å²) in [5.74, 6) is 0.489. The zero-order chi connectivity index (χ0) is 15.9. The summed E-state index contributed by atoms with van der Waals surface area (Å²) in [7, 11) is 1.94. The first-order valence-corrected chi connectivity index (χ1v) is 8.20. The quantitative estimate of drug-likeness (QED) is 0.935. The Bertz CT molecular complexity index is 711. The van der Waals surface area contributed by atoms with Crippen molar-refractivity contribution in [3.63, 3.8) is 0 Å². The fourth-order valence-electron chi connectivity index (χ4n) is 4.22. The van der Waals surface area contributed by atoms with Crippen molar-refractivity contribution in [2.45, 2.75) is 18.9 Å². The Morgan fingerprint density at radius 1 is 1.35 bits per heavy atom. The van der Waals surface area contributed by atoms with Gasteiger partial charge in [-0.05, 0) is 12.0 Å². The zero-order valence-corrected chi connectivity index (χ0v) is 13.4. The molecule has 0 unspecified atom stereocenters. The van der Waals surface area contributed by atoms with Crippen LogP contribution in [0.4, 0.5) is 0 Å². The SMILES string of the molecule is Cn1cc(CN2C[C@@H](c3ccccc3)[C@@]3(CCNC3=O)C2)cn1. The number of rotatable bonds is 3. The Kier molecular flexibility index (Phi) is 3.45. The van der Waals surface area contributed by atoms with Gasteiger partial charge in [-0.25, -0.2) is 0 Å². The van der Waals surface area contributed by atoms with Crippen LogP contribution in [0.5, 0.6) is 0 Å². The van der Waals surface area contributed by atoms with Gasteiger partial charge in [-0.3, -0.25) is 14.4 Å². The Morgan fingerprint density at radius 3 is 2.83 bits per heavy atom. The molecule has 2 aliphatic heterocycles. The molecule has 0 aliphatic carbocycles. The molecule has 120 valence electrons. The summed E-state index contributed by atoms with van der Waals surface area (Å²) < 4.78 is 1.83. The van der Waals surface area contributed by atoms with E-state index in [1.54, 1.807) is 0 Å². The normalized spacial score (nSPS) is 27.7. The number of amides is 1. The molecule has 2 saturated heterocycles. The molecule has 5 nitrogen and oxygen atoms in total. The minimum atomic E-state index is -0.274. The Morgan fingerprint density at radius 2 is 2.17 bits per heavy atom. The van der Waals surface area contributed by atoms with E-state index in [1.165, 1.54) is 11.1 Å². The van der Waals surface area contributed by atoms with Gasteiger partial charge in [-0.1, -0.05) is 30.3 Å². The first kappa shape index (κ1) is 14.5. The molecule has 4 rings (SSSR count). The van der Waals surface area contributed by atoms with Crippen molar-refractivity contribution >= 4 is 5.91 Å². The van der Waals surface area contributed by atoms with E-state index in [4.69, 9.17) is 0 Å². The van der Waals surface area contributed by atoms with Gasteiger partial charge in [0.15, 0.2) is 0 Å². The van der Waals surface area contributed by atoms with Crippen LogP contribution in [0, 0.1) is 5.41 Å². The summed E-state index contributed by atoms with van der Waals surface area (Å²) in [6, 6.07) is 10.5. The van der Waals surface area contributed by atoms with Gasteiger partial charge < -0.3 is 5.32 Å². The minimum Gasteiger partial charge on any atom is -0.356 e. The Hall–Kier alpha value is -2.14. The van der Waals surface area contributed by atoms with Crippen LogP contribution in [0.3, 0.4) is 0 Å². The van der Waals surface area contributed by atoms with E-state index in [9.17, 15) is 4.79 Å². The maximum atomic E-state index is 12.6. The molecule has 0 radical (unpaired) electrons. The maximum Gasteiger partial charge on any atom is 0.228 e. The smallest absolute Gasteiger partial charge is 0.228 e. The van der Waals surface area contributed by atoms with Crippen molar-refractivity contribution in [1.82, 2.24) is 20.0 Å². The first-order chi connectivity index (χ1) is 11.2. The number of aromatic nitrogens is 2. The second-order valence-electron chi connectivity index (χ2n) is 6.82. The largest absolute Gasteiger partial charge is 0.356 e. The maximum absolute atomic E-state index is 12.6. The number of nitrogens with one attached hydrogen (secondary N) is 1. The van der Waals surface area contributed by atoms with Crippen molar-refractivity contribution < 1.29 is 4.79 Å². The summed E-state index contributed by atoms with van der Waals surface area (Å²) in [5.41, 5.74) is 2.21. The van der Waals surface area contributed by atoms with Crippen molar-refractivity contribution in [2.75, 3.05) is 19.6 Å². The van der Waals surface area contributed by atoms with Gasteiger partial charge in [0.05, 0.1) is 11.6 Å². The monoisotopic (exact) mass is 310 g/mol. The molecule has 1 amide bonds. The van der Waals surface area contributed by atoms with Gasteiger partial charge in [0.2, 0.25) is 5.91 Å². The number of carbonyl (C=O) groups excluding carboxylic acids is 1. The van der Waals surface area contributed by atoms with Crippen LogP contribution in [0.15, 0.2) is 42.7 Å². The molecule has 1 aromatic carbocycles. The fourth-order valence-corrected chi connectivity index (χ4v) is 4.22. The van der Waals surface area contributed by atoms with Crippen LogP contribution in [-0.4, -0.2) is 40.2 Å². The van der Waals surface area contributed by atoms with Gasteiger partial charge in [0, 0.05) is 50.9 Å². The summed E-state index contributed by atoms with van der Waals surface area (Å²) >= 11 is 0. The zero-order valence-electron chi connectivity index (χ0n) is 13.4. The highest BCUT2D eigenvalue weighted by atomic mass is 16.2. The molecule has 2 aromatic rings. The van der Waals surface area contributed by atoms with E-state index < -0.39 is 0 Å². The predicted molar refractivity (Wildman–Crippen MR) is 87.7 cm³/mol. The third-order valence-corrected chi connectivity index (χ3v) is 5.29. The lowest BCUT2D eigenvalue weighted by molar-refractivity contribution is -0.127. The molecule has 0 bridgehead atoms. The van der Waals surface area contributed by atoms with E-state index >= 15 is 0 Å².